The Bertz CT molecular complexity index is 1860. The number of benzene rings is 2. The molecule has 270 valence electrons. The van der Waals surface area contributed by atoms with Crippen LogP contribution in [-0.4, -0.2) is 68.8 Å². The van der Waals surface area contributed by atoms with E-state index in [4.69, 9.17) is 21.3 Å². The van der Waals surface area contributed by atoms with Crippen LogP contribution in [-0.2, 0) is 19.9 Å². The number of aliphatic imine (C=N–C) groups is 1. The molecule has 1 aromatic heterocycles. The highest BCUT2D eigenvalue weighted by molar-refractivity contribution is 6.33. The second-order valence-corrected chi connectivity index (χ2v) is 13.6. The van der Waals surface area contributed by atoms with E-state index in [1.165, 1.54) is 30.6 Å². The number of alkyl carbamates (subject to hydrolysis) is 1. The summed E-state index contributed by atoms with van der Waals surface area (Å²) < 4.78 is 32.4. The molecule has 1 fully saturated rings. The molecular formula is C33H35ClF2N8O7. The fourth-order valence-corrected chi connectivity index (χ4v) is 5.96. The Hall–Kier alpha value is -5.58. The summed E-state index contributed by atoms with van der Waals surface area (Å²) in [5.41, 5.74) is 3.27. The molecule has 2 atom stereocenters. The summed E-state index contributed by atoms with van der Waals surface area (Å²) in [4.78, 5) is 69.3. The van der Waals surface area contributed by atoms with E-state index in [2.05, 4.69) is 21.2 Å². The fourth-order valence-electron chi connectivity index (χ4n) is 5.75. The van der Waals surface area contributed by atoms with Gasteiger partial charge in [0.15, 0.2) is 5.54 Å². The van der Waals surface area contributed by atoms with Crippen LogP contribution in [0.3, 0.4) is 0 Å². The number of alkyl halides is 2. The van der Waals surface area contributed by atoms with Gasteiger partial charge in [-0.2, -0.15) is 13.9 Å². The zero-order valence-electron chi connectivity index (χ0n) is 27.7. The van der Waals surface area contributed by atoms with Gasteiger partial charge >= 0.3 is 18.7 Å². The number of halogens is 3. The number of aromatic nitrogens is 2. The first-order chi connectivity index (χ1) is 24.1. The highest BCUT2D eigenvalue weighted by atomic mass is 35.5. The van der Waals surface area contributed by atoms with Crippen LogP contribution in [0.4, 0.5) is 18.4 Å². The van der Waals surface area contributed by atoms with E-state index in [0.29, 0.717) is 21.4 Å². The summed E-state index contributed by atoms with van der Waals surface area (Å²) in [5.74, 6) is -1.86. The van der Waals surface area contributed by atoms with Crippen molar-refractivity contribution in [3.8, 4) is 11.1 Å². The normalized spacial score (nSPS) is 17.8. The van der Waals surface area contributed by atoms with Crippen molar-refractivity contribution in [2.24, 2.45) is 10.4 Å². The van der Waals surface area contributed by atoms with Crippen LogP contribution in [0.2, 0.25) is 5.02 Å². The molecule has 1 aliphatic carbocycles. The van der Waals surface area contributed by atoms with E-state index in [1.807, 2.05) is 26.2 Å². The number of carbonyl (C=O) groups is 5. The molecule has 3 aromatic rings. The van der Waals surface area contributed by atoms with Crippen LogP contribution >= 0.6 is 11.6 Å². The summed E-state index contributed by atoms with van der Waals surface area (Å²) in [6.45, 7) is 2.28. The molecule has 5 N–H and O–H groups in total. The van der Waals surface area contributed by atoms with E-state index in [1.54, 1.807) is 24.3 Å². The maximum absolute atomic E-state index is 15.0. The lowest BCUT2D eigenvalue weighted by molar-refractivity contribution is -0.135. The van der Waals surface area contributed by atoms with Gasteiger partial charge in [0.05, 0.1) is 22.8 Å². The molecule has 0 spiro atoms. The first-order valence-electron chi connectivity index (χ1n) is 15.7. The number of amides is 5. The largest absolute Gasteiger partial charge is 0.465 e. The average Bonchev–Trinajstić information content (AvgIpc) is 3.65. The Kier molecular flexibility index (Phi) is 10.6. The topological polar surface area (TPSA) is 196 Å². The lowest BCUT2D eigenvalue weighted by Gasteiger charge is -2.35. The molecule has 15 nitrogen and oxygen atoms in total. The van der Waals surface area contributed by atoms with Gasteiger partial charge in [-0.3, -0.25) is 35.5 Å². The number of nitrogens with one attached hydrogen (secondary N) is 4. The van der Waals surface area contributed by atoms with Gasteiger partial charge in [0.1, 0.15) is 6.61 Å². The summed E-state index contributed by atoms with van der Waals surface area (Å²) in [6, 6.07) is 9.28. The van der Waals surface area contributed by atoms with Crippen molar-refractivity contribution in [1.82, 2.24) is 36.2 Å². The highest BCUT2D eigenvalue weighted by Crippen LogP contribution is 2.45. The molecule has 2 aliphatic rings. The van der Waals surface area contributed by atoms with Crippen molar-refractivity contribution in [2.75, 3.05) is 6.61 Å². The molecule has 5 amide bonds. The molecule has 5 rings (SSSR count). The van der Waals surface area contributed by atoms with Crippen LogP contribution in [0.25, 0.3) is 11.1 Å². The number of guanidine groups is 1. The second-order valence-electron chi connectivity index (χ2n) is 13.2. The predicted molar refractivity (Wildman–Crippen MR) is 178 cm³/mol. The van der Waals surface area contributed by atoms with Crippen LogP contribution in [0.1, 0.15) is 74.1 Å². The lowest BCUT2D eigenvalue weighted by atomic mass is 9.75. The van der Waals surface area contributed by atoms with Crippen molar-refractivity contribution in [3.05, 3.63) is 76.6 Å². The lowest BCUT2D eigenvalue weighted by Crippen LogP contribution is -2.49. The number of nitrogens with zero attached hydrogens (tertiary/aromatic N) is 4. The van der Waals surface area contributed by atoms with Gasteiger partial charge < -0.3 is 15.2 Å². The fraction of sp³-hybridized carbons (Fsp3) is 0.364. The monoisotopic (exact) mass is 728 g/mol. The summed E-state index contributed by atoms with van der Waals surface area (Å²) in [7, 11) is 0. The van der Waals surface area contributed by atoms with Gasteiger partial charge in [0.25, 0.3) is 11.8 Å². The van der Waals surface area contributed by atoms with Gasteiger partial charge in [0, 0.05) is 17.8 Å². The zero-order valence-corrected chi connectivity index (χ0v) is 28.4. The molecule has 1 aliphatic heterocycles. The van der Waals surface area contributed by atoms with E-state index in [-0.39, 0.29) is 41.0 Å². The second kappa shape index (κ2) is 14.7. The first-order valence-corrected chi connectivity index (χ1v) is 16.1. The minimum absolute atomic E-state index is 0.0124. The molecule has 2 aromatic carbocycles. The minimum Gasteiger partial charge on any atom is -0.465 e. The Morgan fingerprint density at radius 3 is 2.43 bits per heavy atom. The molecule has 0 radical (unpaired) electrons. The third kappa shape index (κ3) is 8.42. The van der Waals surface area contributed by atoms with Crippen molar-refractivity contribution in [1.29, 1.82) is 0 Å². The SMILES string of the molecule is CC(C)(C)CC1(c2ccc(-c3cnn(C(F)F)c3)cc2)N=C(NC(=O)O)N([C@H](COC(=O)NC2CC2)c2ccc(Cl)c(C(=O)NNC=O)c2)C1=O. The molecule has 1 unspecified atom stereocenters. The Labute approximate surface area is 295 Å². The number of hydrogen-bond acceptors (Lipinski definition) is 8. The van der Waals surface area contributed by atoms with Gasteiger partial charge in [-0.1, -0.05) is 62.7 Å². The Morgan fingerprint density at radius 2 is 1.84 bits per heavy atom. The molecular weight excluding hydrogens is 694 g/mol. The number of hydrazine groups is 1. The number of rotatable bonds is 12. The summed E-state index contributed by atoms with van der Waals surface area (Å²) in [5, 5.41) is 18.4. The number of ether oxygens (including phenoxy) is 1. The minimum atomic E-state index is -2.83. The third-order valence-electron chi connectivity index (χ3n) is 8.05. The van der Waals surface area contributed by atoms with Crippen molar-refractivity contribution in [3.63, 3.8) is 0 Å². The van der Waals surface area contributed by atoms with E-state index < -0.39 is 54.2 Å². The quantitative estimate of drug-likeness (QED) is 0.131. The predicted octanol–water partition coefficient (Wildman–Crippen LogP) is 4.72. The zero-order chi connectivity index (χ0) is 37.1. The van der Waals surface area contributed by atoms with E-state index in [0.717, 1.165) is 17.7 Å². The third-order valence-corrected chi connectivity index (χ3v) is 8.38. The van der Waals surface area contributed by atoms with Crippen molar-refractivity contribution >= 4 is 48.0 Å². The Balaban J connectivity index is 1.61. The molecule has 1 saturated carbocycles. The maximum Gasteiger partial charge on any atom is 0.411 e. The average molecular weight is 729 g/mol. The first kappa shape index (κ1) is 36.7. The van der Waals surface area contributed by atoms with Crippen molar-refractivity contribution in [2.45, 2.75) is 64.2 Å². The highest BCUT2D eigenvalue weighted by Gasteiger charge is 2.54. The molecule has 18 heteroatoms. The molecule has 0 bridgehead atoms. The number of carboxylic acid groups (broad SMARTS) is 1. The summed E-state index contributed by atoms with van der Waals surface area (Å²) >= 11 is 6.32. The Morgan fingerprint density at radius 1 is 1.14 bits per heavy atom. The van der Waals surface area contributed by atoms with Gasteiger partial charge in [-0.15, -0.1) is 0 Å². The van der Waals surface area contributed by atoms with Crippen LogP contribution in [0.5, 0.6) is 0 Å². The van der Waals surface area contributed by atoms with Gasteiger partial charge in [-0.25, -0.2) is 19.3 Å². The van der Waals surface area contributed by atoms with Crippen LogP contribution in [0, 0.1) is 5.41 Å². The molecule has 0 saturated heterocycles. The molecule has 51 heavy (non-hydrogen) atoms. The van der Waals surface area contributed by atoms with Crippen molar-refractivity contribution < 1.29 is 42.6 Å². The number of carbonyl (C=O) groups excluding carboxylic acids is 4. The maximum atomic E-state index is 15.0. The van der Waals surface area contributed by atoms with Crippen LogP contribution < -0.4 is 21.5 Å². The smallest absolute Gasteiger partial charge is 0.411 e. The van der Waals surface area contributed by atoms with Gasteiger partial charge in [0.2, 0.25) is 12.4 Å². The summed E-state index contributed by atoms with van der Waals surface area (Å²) in [6.07, 6.45) is 2.02. The van der Waals surface area contributed by atoms with E-state index in [9.17, 15) is 37.9 Å². The number of hydrogen-bond donors (Lipinski definition) is 5. The standard InChI is InChI=1S/C33H35ClF2N8O7/c1-32(2,3)16-33(21-7-4-18(5-8-21)20-13-38-43(14-20)28(35)36)27(47)44(29(41-33)40-30(48)49)25(15-51-31(50)39-22-9-10-22)19-6-11-24(34)23(12-19)26(46)42-37-17-45/h4-8,11-14,17,22,25,28H,9-10,15-16H2,1-3H3,(H,37,45)(H,39,50)(H,40,41)(H,42,46)(H,48,49)/t25-,33?/m1/s1. The van der Waals surface area contributed by atoms with Crippen LogP contribution in [0.15, 0.2) is 59.9 Å². The van der Waals surface area contributed by atoms with Gasteiger partial charge in [-0.05, 0) is 53.5 Å². The van der Waals surface area contributed by atoms with E-state index >= 15 is 0 Å². The molecule has 2 heterocycles.